The molecule has 2 atom stereocenters. The van der Waals surface area contributed by atoms with Gasteiger partial charge in [-0.05, 0) is 32.6 Å². The van der Waals surface area contributed by atoms with Gasteiger partial charge in [0.25, 0.3) is 0 Å². The molecule has 1 aliphatic heterocycles. The molecule has 76 valence electrons. The van der Waals surface area contributed by atoms with Gasteiger partial charge in [0, 0.05) is 12.8 Å². The van der Waals surface area contributed by atoms with Crippen LogP contribution in [0.15, 0.2) is 0 Å². The van der Waals surface area contributed by atoms with E-state index in [0.717, 1.165) is 18.8 Å². The number of ether oxygens (including phenoxy) is 2. The molecule has 0 aromatic heterocycles. The molecule has 1 saturated heterocycles. The van der Waals surface area contributed by atoms with Gasteiger partial charge in [0.1, 0.15) is 0 Å². The van der Waals surface area contributed by atoms with Gasteiger partial charge in [0.15, 0.2) is 5.79 Å². The maximum absolute atomic E-state index is 5.93. The number of hydrogen-bond donors (Lipinski definition) is 0. The molecule has 1 aliphatic carbocycles. The van der Waals surface area contributed by atoms with Gasteiger partial charge in [-0.3, -0.25) is 0 Å². The second-order valence-electron chi connectivity index (χ2n) is 4.74. The molecule has 2 nitrogen and oxygen atoms in total. The molecule has 2 fully saturated rings. The fraction of sp³-hybridized carbons (Fsp3) is 1.00. The molecule has 1 spiro atoms. The average molecular weight is 184 g/mol. The number of rotatable bonds is 0. The molecule has 2 rings (SSSR count). The molecule has 1 heterocycles. The molecule has 0 radical (unpaired) electrons. The highest BCUT2D eigenvalue weighted by molar-refractivity contribution is 4.86. The largest absolute Gasteiger partial charge is 0.344 e. The smallest absolute Gasteiger partial charge is 0.169 e. The first kappa shape index (κ1) is 9.47. The van der Waals surface area contributed by atoms with Crippen LogP contribution in [0.4, 0.5) is 0 Å². The van der Waals surface area contributed by atoms with Crippen LogP contribution in [0.1, 0.15) is 46.5 Å². The van der Waals surface area contributed by atoms with Crippen molar-refractivity contribution in [3.8, 4) is 0 Å². The summed E-state index contributed by atoms with van der Waals surface area (Å²) in [7, 11) is 0. The van der Waals surface area contributed by atoms with E-state index < -0.39 is 0 Å². The van der Waals surface area contributed by atoms with E-state index in [1.54, 1.807) is 0 Å². The predicted octanol–water partition coefficient (Wildman–Crippen LogP) is 2.72. The molecule has 2 aliphatic rings. The van der Waals surface area contributed by atoms with Gasteiger partial charge >= 0.3 is 0 Å². The molecule has 13 heavy (non-hydrogen) atoms. The van der Waals surface area contributed by atoms with Crippen molar-refractivity contribution < 1.29 is 9.47 Å². The van der Waals surface area contributed by atoms with E-state index in [1.165, 1.54) is 12.8 Å². The zero-order valence-corrected chi connectivity index (χ0v) is 8.88. The lowest BCUT2D eigenvalue weighted by molar-refractivity contribution is -0.196. The third-order valence-corrected chi connectivity index (χ3v) is 3.50. The highest BCUT2D eigenvalue weighted by Crippen LogP contribution is 2.41. The highest BCUT2D eigenvalue weighted by atomic mass is 16.8. The van der Waals surface area contributed by atoms with Gasteiger partial charge in [-0.15, -0.1) is 0 Å². The van der Waals surface area contributed by atoms with E-state index in [9.17, 15) is 0 Å². The molecule has 0 aromatic carbocycles. The van der Waals surface area contributed by atoms with Gasteiger partial charge in [-0.2, -0.15) is 0 Å². The fourth-order valence-corrected chi connectivity index (χ4v) is 2.33. The third-order valence-electron chi connectivity index (χ3n) is 3.50. The van der Waals surface area contributed by atoms with Crippen LogP contribution >= 0.6 is 0 Å². The van der Waals surface area contributed by atoms with Crippen LogP contribution in [0.25, 0.3) is 0 Å². The minimum Gasteiger partial charge on any atom is -0.344 e. The zero-order valence-electron chi connectivity index (χ0n) is 8.88. The molecule has 0 aromatic rings. The Bertz CT molecular complexity index is 171. The van der Waals surface area contributed by atoms with Crippen molar-refractivity contribution in [1.29, 1.82) is 0 Å². The lowest BCUT2D eigenvalue weighted by Crippen LogP contribution is -2.35. The Hall–Kier alpha value is -0.0800. The molecule has 1 saturated carbocycles. The van der Waals surface area contributed by atoms with E-state index in [-0.39, 0.29) is 18.0 Å². The molecular formula is C11H20O2. The van der Waals surface area contributed by atoms with Gasteiger partial charge in [0.2, 0.25) is 0 Å². The van der Waals surface area contributed by atoms with Crippen molar-refractivity contribution in [2.75, 3.05) is 0 Å². The van der Waals surface area contributed by atoms with Crippen LogP contribution in [-0.4, -0.2) is 18.0 Å². The lowest BCUT2D eigenvalue weighted by atomic mass is 9.86. The molecule has 0 amide bonds. The monoisotopic (exact) mass is 184 g/mol. The van der Waals surface area contributed by atoms with Crippen LogP contribution in [-0.2, 0) is 9.47 Å². The standard InChI is InChI=1S/C11H20O2/c1-8-4-6-11(7-5-8)12-9(2)10(3)13-11/h8-10H,4-7H2,1-3H3/t9-,10-/m1/s1. The first-order chi connectivity index (χ1) is 6.11. The summed E-state index contributed by atoms with van der Waals surface area (Å²) in [6, 6.07) is 0. The van der Waals surface area contributed by atoms with Crippen LogP contribution in [0.3, 0.4) is 0 Å². The van der Waals surface area contributed by atoms with Crippen LogP contribution < -0.4 is 0 Å². The van der Waals surface area contributed by atoms with E-state index in [2.05, 4.69) is 20.8 Å². The van der Waals surface area contributed by atoms with E-state index >= 15 is 0 Å². The Balaban J connectivity index is 1.99. The summed E-state index contributed by atoms with van der Waals surface area (Å²) in [4.78, 5) is 0. The predicted molar refractivity (Wildman–Crippen MR) is 51.5 cm³/mol. The summed E-state index contributed by atoms with van der Waals surface area (Å²) in [6.45, 7) is 6.53. The molecule has 2 heteroatoms. The summed E-state index contributed by atoms with van der Waals surface area (Å²) in [6.07, 6.45) is 5.21. The van der Waals surface area contributed by atoms with Gasteiger partial charge in [-0.25, -0.2) is 0 Å². The molecule has 0 N–H and O–H groups in total. The van der Waals surface area contributed by atoms with Crippen molar-refractivity contribution in [1.82, 2.24) is 0 Å². The summed E-state index contributed by atoms with van der Waals surface area (Å²) < 4.78 is 11.9. The fourth-order valence-electron chi connectivity index (χ4n) is 2.33. The second-order valence-corrected chi connectivity index (χ2v) is 4.74. The molecule has 0 unspecified atom stereocenters. The second kappa shape index (κ2) is 3.25. The van der Waals surface area contributed by atoms with Crippen molar-refractivity contribution in [3.05, 3.63) is 0 Å². The normalized spacial score (nSPS) is 39.9. The van der Waals surface area contributed by atoms with Crippen molar-refractivity contribution in [3.63, 3.8) is 0 Å². The van der Waals surface area contributed by atoms with E-state index in [4.69, 9.17) is 9.47 Å². The third kappa shape index (κ3) is 1.75. The average Bonchev–Trinajstić information content (AvgIpc) is 2.36. The Labute approximate surface area is 80.6 Å². The molecule has 0 bridgehead atoms. The van der Waals surface area contributed by atoms with E-state index in [0.29, 0.717) is 0 Å². The van der Waals surface area contributed by atoms with E-state index in [1.807, 2.05) is 0 Å². The molecular weight excluding hydrogens is 164 g/mol. The lowest BCUT2D eigenvalue weighted by Gasteiger charge is -2.34. The first-order valence-corrected chi connectivity index (χ1v) is 5.47. The van der Waals surface area contributed by atoms with Crippen LogP contribution in [0.5, 0.6) is 0 Å². The summed E-state index contributed by atoms with van der Waals surface area (Å²) in [5.41, 5.74) is 0. The topological polar surface area (TPSA) is 18.5 Å². The van der Waals surface area contributed by atoms with Gasteiger partial charge < -0.3 is 9.47 Å². The van der Waals surface area contributed by atoms with Gasteiger partial charge in [-0.1, -0.05) is 6.92 Å². The van der Waals surface area contributed by atoms with Crippen LogP contribution in [0, 0.1) is 5.92 Å². The minimum atomic E-state index is -0.203. The SMILES string of the molecule is CC1CCC2(CC1)O[C@H](C)[C@@H](C)O2. The Morgan fingerprint density at radius 1 is 0.923 bits per heavy atom. The first-order valence-electron chi connectivity index (χ1n) is 5.47. The Morgan fingerprint density at radius 3 is 1.85 bits per heavy atom. The Kier molecular flexibility index (Phi) is 2.37. The highest BCUT2D eigenvalue weighted by Gasteiger charge is 2.45. The number of hydrogen-bond acceptors (Lipinski definition) is 2. The van der Waals surface area contributed by atoms with Crippen LogP contribution in [0.2, 0.25) is 0 Å². The van der Waals surface area contributed by atoms with Crippen molar-refractivity contribution in [2.24, 2.45) is 5.92 Å². The van der Waals surface area contributed by atoms with Crippen molar-refractivity contribution in [2.45, 2.75) is 64.4 Å². The zero-order chi connectivity index (χ0) is 9.47. The van der Waals surface area contributed by atoms with Gasteiger partial charge in [0.05, 0.1) is 12.2 Å². The Morgan fingerprint density at radius 2 is 1.38 bits per heavy atom. The summed E-state index contributed by atoms with van der Waals surface area (Å²) in [5, 5.41) is 0. The maximum Gasteiger partial charge on any atom is 0.169 e. The van der Waals surface area contributed by atoms with Crippen molar-refractivity contribution >= 4 is 0 Å². The maximum atomic E-state index is 5.93. The summed E-state index contributed by atoms with van der Waals surface area (Å²) in [5.74, 6) is 0.648. The summed E-state index contributed by atoms with van der Waals surface area (Å²) >= 11 is 0. The minimum absolute atomic E-state index is 0.203. The quantitative estimate of drug-likeness (QED) is 0.576.